The minimum Gasteiger partial charge on any atom is -0.480 e. The van der Waals surface area contributed by atoms with Gasteiger partial charge in [0.25, 0.3) is 0 Å². The van der Waals surface area contributed by atoms with Gasteiger partial charge in [-0.3, -0.25) is 4.79 Å². The second-order valence-electron chi connectivity index (χ2n) is 3.82. The fourth-order valence-corrected chi connectivity index (χ4v) is 2.32. The molecule has 0 amide bonds. The van der Waals surface area contributed by atoms with Crippen molar-refractivity contribution in [1.29, 1.82) is 0 Å². The molecule has 1 aromatic heterocycles. The maximum Gasteiger partial charge on any atom is 0.324 e. The van der Waals surface area contributed by atoms with Gasteiger partial charge in [0.15, 0.2) is 0 Å². The number of thiophene rings is 1. The third-order valence-corrected chi connectivity index (χ3v) is 3.35. The lowest BCUT2D eigenvalue weighted by Crippen LogP contribution is -2.49. The maximum atomic E-state index is 11.1. The highest BCUT2D eigenvalue weighted by atomic mass is 32.1. The molecule has 0 aliphatic carbocycles. The number of carboxylic acid groups (broad SMARTS) is 1. The minimum atomic E-state index is -1.10. The van der Waals surface area contributed by atoms with Crippen LogP contribution < -0.4 is 5.73 Å². The largest absolute Gasteiger partial charge is 0.480 e. The van der Waals surface area contributed by atoms with E-state index in [2.05, 4.69) is 0 Å². The van der Waals surface area contributed by atoms with Crippen molar-refractivity contribution in [3.05, 3.63) is 22.4 Å². The summed E-state index contributed by atoms with van der Waals surface area (Å²) in [5.41, 5.74) is 4.83. The molecule has 0 radical (unpaired) electrons. The number of aliphatic carboxylic acids is 1. The van der Waals surface area contributed by atoms with Crippen LogP contribution in [-0.4, -0.2) is 16.6 Å². The third kappa shape index (κ3) is 3.32. The van der Waals surface area contributed by atoms with E-state index in [1.165, 1.54) is 0 Å². The van der Waals surface area contributed by atoms with E-state index < -0.39 is 11.5 Å². The minimum absolute atomic E-state index is 0.431. The van der Waals surface area contributed by atoms with Crippen LogP contribution in [0.4, 0.5) is 0 Å². The molecular weight excluding hydrogens is 210 g/mol. The van der Waals surface area contributed by atoms with Gasteiger partial charge in [0, 0.05) is 11.3 Å². The summed E-state index contributed by atoms with van der Waals surface area (Å²) in [6.45, 7) is 2.04. The van der Waals surface area contributed by atoms with E-state index in [0.717, 1.165) is 17.7 Å². The molecule has 15 heavy (non-hydrogen) atoms. The number of carbonyl (C=O) groups is 1. The van der Waals surface area contributed by atoms with Gasteiger partial charge in [-0.2, -0.15) is 0 Å². The molecule has 0 saturated heterocycles. The van der Waals surface area contributed by atoms with Crippen LogP contribution in [0.3, 0.4) is 0 Å². The van der Waals surface area contributed by atoms with E-state index in [4.69, 9.17) is 10.8 Å². The first-order valence-electron chi connectivity index (χ1n) is 5.13. The Morgan fingerprint density at radius 3 is 2.87 bits per heavy atom. The SMILES string of the molecule is CCCC[C@@](N)(Cc1cccs1)C(=O)O. The molecule has 0 bridgehead atoms. The summed E-state index contributed by atoms with van der Waals surface area (Å²) in [5.74, 6) is -0.899. The predicted molar refractivity (Wildman–Crippen MR) is 62.1 cm³/mol. The Morgan fingerprint density at radius 2 is 2.40 bits per heavy atom. The van der Waals surface area contributed by atoms with Crippen molar-refractivity contribution >= 4 is 17.3 Å². The molecule has 0 fully saturated rings. The normalized spacial score (nSPS) is 14.8. The van der Waals surface area contributed by atoms with Crippen LogP contribution in [0.1, 0.15) is 31.1 Å². The lowest BCUT2D eigenvalue weighted by atomic mass is 9.89. The number of rotatable bonds is 6. The monoisotopic (exact) mass is 227 g/mol. The summed E-state index contributed by atoms with van der Waals surface area (Å²) in [6.07, 6.45) is 2.79. The molecule has 0 unspecified atom stereocenters. The van der Waals surface area contributed by atoms with Gasteiger partial charge in [-0.05, 0) is 17.9 Å². The Labute approximate surface area is 93.9 Å². The van der Waals surface area contributed by atoms with Crippen LogP contribution in [0.2, 0.25) is 0 Å². The molecule has 0 spiro atoms. The number of carboxylic acids is 1. The maximum absolute atomic E-state index is 11.1. The number of unbranched alkanes of at least 4 members (excludes halogenated alkanes) is 1. The molecule has 0 aromatic carbocycles. The number of hydrogen-bond donors (Lipinski definition) is 2. The van der Waals surface area contributed by atoms with E-state index in [-0.39, 0.29) is 0 Å². The molecule has 4 heteroatoms. The summed E-state index contributed by atoms with van der Waals surface area (Å²) < 4.78 is 0. The second-order valence-corrected chi connectivity index (χ2v) is 4.85. The van der Waals surface area contributed by atoms with Gasteiger partial charge >= 0.3 is 5.97 Å². The average Bonchev–Trinajstić information content (AvgIpc) is 2.67. The fourth-order valence-electron chi connectivity index (χ4n) is 1.49. The lowest BCUT2D eigenvalue weighted by Gasteiger charge is -2.23. The van der Waals surface area contributed by atoms with E-state index in [9.17, 15) is 4.79 Å². The predicted octanol–water partition coefficient (Wildman–Crippen LogP) is 2.26. The van der Waals surface area contributed by atoms with Gasteiger partial charge in [-0.25, -0.2) is 0 Å². The van der Waals surface area contributed by atoms with Crippen molar-refractivity contribution in [2.24, 2.45) is 5.73 Å². The molecule has 3 nitrogen and oxygen atoms in total. The van der Waals surface area contributed by atoms with Gasteiger partial charge in [-0.1, -0.05) is 25.8 Å². The molecule has 84 valence electrons. The highest BCUT2D eigenvalue weighted by Crippen LogP contribution is 2.21. The first-order chi connectivity index (χ1) is 7.08. The van der Waals surface area contributed by atoms with E-state index in [1.807, 2.05) is 24.4 Å². The van der Waals surface area contributed by atoms with E-state index >= 15 is 0 Å². The molecule has 3 N–H and O–H groups in total. The van der Waals surface area contributed by atoms with Crippen molar-refractivity contribution < 1.29 is 9.90 Å². The van der Waals surface area contributed by atoms with Gasteiger partial charge in [0.1, 0.15) is 5.54 Å². The average molecular weight is 227 g/mol. The molecule has 1 heterocycles. The smallest absolute Gasteiger partial charge is 0.324 e. The Bertz CT molecular complexity index is 310. The van der Waals surface area contributed by atoms with E-state index in [1.54, 1.807) is 11.3 Å². The highest BCUT2D eigenvalue weighted by Gasteiger charge is 2.33. The lowest BCUT2D eigenvalue weighted by molar-refractivity contribution is -0.143. The first-order valence-corrected chi connectivity index (χ1v) is 6.01. The molecule has 0 saturated carbocycles. The van der Waals surface area contributed by atoms with Crippen LogP contribution in [0.5, 0.6) is 0 Å². The molecule has 0 aliphatic heterocycles. The standard InChI is InChI=1S/C11H17NO2S/c1-2-3-6-11(12,10(13)14)8-9-5-4-7-15-9/h4-5,7H,2-3,6,8,12H2,1H3,(H,13,14)/t11-/m1/s1. The fraction of sp³-hybridized carbons (Fsp3) is 0.545. The van der Waals surface area contributed by atoms with Crippen molar-refractivity contribution in [2.75, 3.05) is 0 Å². The Kier molecular flexibility index (Phi) is 4.29. The highest BCUT2D eigenvalue weighted by molar-refractivity contribution is 7.09. The zero-order valence-electron chi connectivity index (χ0n) is 8.90. The van der Waals surface area contributed by atoms with Crippen molar-refractivity contribution in [1.82, 2.24) is 0 Å². The second kappa shape index (κ2) is 5.28. The molecule has 1 aromatic rings. The van der Waals surface area contributed by atoms with Crippen LogP contribution in [-0.2, 0) is 11.2 Å². The van der Waals surface area contributed by atoms with Crippen molar-refractivity contribution in [2.45, 2.75) is 38.1 Å². The molecule has 1 atom stereocenters. The number of hydrogen-bond acceptors (Lipinski definition) is 3. The molecular formula is C11H17NO2S. The number of nitrogens with two attached hydrogens (primary N) is 1. The van der Waals surface area contributed by atoms with Gasteiger partial charge in [0.05, 0.1) is 0 Å². The van der Waals surface area contributed by atoms with Crippen LogP contribution in [0.15, 0.2) is 17.5 Å². The van der Waals surface area contributed by atoms with Crippen molar-refractivity contribution in [3.63, 3.8) is 0 Å². The third-order valence-electron chi connectivity index (χ3n) is 2.47. The van der Waals surface area contributed by atoms with Gasteiger partial charge < -0.3 is 10.8 Å². The van der Waals surface area contributed by atoms with Gasteiger partial charge in [-0.15, -0.1) is 11.3 Å². The first kappa shape index (κ1) is 12.2. The zero-order chi connectivity index (χ0) is 11.3. The van der Waals surface area contributed by atoms with Crippen LogP contribution in [0.25, 0.3) is 0 Å². The Balaban J connectivity index is 2.68. The quantitative estimate of drug-likeness (QED) is 0.783. The summed E-state index contributed by atoms with van der Waals surface area (Å²) in [5, 5.41) is 11.1. The van der Waals surface area contributed by atoms with Gasteiger partial charge in [0.2, 0.25) is 0 Å². The molecule has 1 rings (SSSR count). The summed E-state index contributed by atoms with van der Waals surface area (Å²) in [4.78, 5) is 12.2. The zero-order valence-corrected chi connectivity index (χ0v) is 9.72. The van der Waals surface area contributed by atoms with Crippen molar-refractivity contribution in [3.8, 4) is 0 Å². The summed E-state index contributed by atoms with van der Waals surface area (Å²) >= 11 is 1.56. The van der Waals surface area contributed by atoms with Crippen LogP contribution in [0, 0.1) is 0 Å². The molecule has 0 aliphatic rings. The Hall–Kier alpha value is -0.870. The van der Waals surface area contributed by atoms with Crippen LogP contribution >= 0.6 is 11.3 Å². The van der Waals surface area contributed by atoms with E-state index in [0.29, 0.717) is 12.8 Å². The Morgan fingerprint density at radius 1 is 1.67 bits per heavy atom. The summed E-state index contributed by atoms with van der Waals surface area (Å²) in [6, 6.07) is 3.85. The summed E-state index contributed by atoms with van der Waals surface area (Å²) in [7, 11) is 0. The topological polar surface area (TPSA) is 63.3 Å².